The maximum absolute atomic E-state index is 13.6. The fraction of sp³-hybridized carbons (Fsp3) is 0.385. The number of amides is 1. The number of anilines is 1. The van der Waals surface area contributed by atoms with Crippen molar-refractivity contribution in [2.24, 2.45) is 0 Å². The molecular weight excluding hydrogens is 510 g/mol. The summed E-state index contributed by atoms with van der Waals surface area (Å²) in [5.41, 5.74) is 3.20. The largest absolute Gasteiger partial charge is 0.466 e. The summed E-state index contributed by atoms with van der Waals surface area (Å²) in [5, 5.41) is 9.03. The molecule has 4 heterocycles. The van der Waals surface area contributed by atoms with Crippen LogP contribution >= 0.6 is 11.6 Å². The number of hydrogen-bond donors (Lipinski definition) is 0. The van der Waals surface area contributed by atoms with Crippen LogP contribution in [-0.2, 0) is 16.0 Å². The fourth-order valence-corrected chi connectivity index (χ4v) is 5.01. The highest BCUT2D eigenvalue weighted by Crippen LogP contribution is 2.32. The number of nitrogens with zero attached hydrogens (tertiary/aromatic N) is 7. The molecule has 1 amide bonds. The van der Waals surface area contributed by atoms with Crippen molar-refractivity contribution in [2.75, 3.05) is 37.7 Å². The molecule has 5 rings (SSSR count). The number of halogens is 1. The molecule has 1 aromatic carbocycles. The van der Waals surface area contributed by atoms with Gasteiger partial charge in [-0.1, -0.05) is 35.0 Å². The van der Waals surface area contributed by atoms with E-state index in [2.05, 4.69) is 25.1 Å². The number of benzene rings is 1. The second kappa shape index (κ2) is 10.8. The van der Waals surface area contributed by atoms with Gasteiger partial charge in [0.25, 0.3) is 11.7 Å². The zero-order valence-corrected chi connectivity index (χ0v) is 22.2. The van der Waals surface area contributed by atoms with E-state index in [1.807, 2.05) is 25.1 Å². The summed E-state index contributed by atoms with van der Waals surface area (Å²) in [4.78, 5) is 38.5. The lowest BCUT2D eigenvalue weighted by atomic mass is 10.0. The van der Waals surface area contributed by atoms with Gasteiger partial charge in [-0.3, -0.25) is 9.59 Å². The van der Waals surface area contributed by atoms with Crippen LogP contribution in [0.5, 0.6) is 0 Å². The lowest BCUT2D eigenvalue weighted by Crippen LogP contribution is -2.49. The Morgan fingerprint density at radius 2 is 1.89 bits per heavy atom. The van der Waals surface area contributed by atoms with Crippen LogP contribution in [0.15, 0.2) is 35.1 Å². The van der Waals surface area contributed by atoms with Crippen LogP contribution in [0.25, 0.3) is 17.0 Å². The van der Waals surface area contributed by atoms with Gasteiger partial charge in [-0.2, -0.15) is 14.6 Å². The summed E-state index contributed by atoms with van der Waals surface area (Å²) in [7, 11) is 0. The first-order valence-corrected chi connectivity index (χ1v) is 12.9. The second-order valence-corrected chi connectivity index (χ2v) is 9.40. The highest BCUT2D eigenvalue weighted by atomic mass is 35.5. The number of aromatic nitrogens is 5. The summed E-state index contributed by atoms with van der Waals surface area (Å²) in [6, 6.07) is 7.25. The molecule has 1 saturated heterocycles. The molecule has 0 N–H and O–H groups in total. The van der Waals surface area contributed by atoms with Gasteiger partial charge >= 0.3 is 5.97 Å². The van der Waals surface area contributed by atoms with Gasteiger partial charge in [0.05, 0.1) is 11.6 Å². The maximum Gasteiger partial charge on any atom is 0.306 e. The molecule has 1 fully saturated rings. The van der Waals surface area contributed by atoms with Gasteiger partial charge in [-0.05, 0) is 33.3 Å². The van der Waals surface area contributed by atoms with Crippen molar-refractivity contribution in [3.8, 4) is 11.3 Å². The smallest absolute Gasteiger partial charge is 0.306 e. The van der Waals surface area contributed by atoms with Crippen molar-refractivity contribution >= 4 is 35.1 Å². The molecule has 11 nitrogen and oxygen atoms in total. The molecule has 0 atom stereocenters. The molecule has 1 aliphatic heterocycles. The van der Waals surface area contributed by atoms with Gasteiger partial charge in [0, 0.05) is 49.4 Å². The summed E-state index contributed by atoms with van der Waals surface area (Å²) in [5.74, 6) is 1.35. The molecule has 3 aromatic heterocycles. The number of rotatable bonds is 7. The van der Waals surface area contributed by atoms with Crippen LogP contribution < -0.4 is 4.90 Å². The monoisotopic (exact) mass is 537 g/mol. The van der Waals surface area contributed by atoms with E-state index in [-0.39, 0.29) is 18.3 Å². The first-order chi connectivity index (χ1) is 18.4. The second-order valence-electron chi connectivity index (χ2n) is 9.00. The highest BCUT2D eigenvalue weighted by molar-refractivity contribution is 6.33. The van der Waals surface area contributed by atoms with Crippen molar-refractivity contribution in [3.05, 3.63) is 58.2 Å². The molecule has 4 aromatic rings. The molecule has 0 unspecified atom stereocenters. The van der Waals surface area contributed by atoms with E-state index in [0.717, 1.165) is 17.1 Å². The van der Waals surface area contributed by atoms with Crippen molar-refractivity contribution in [3.63, 3.8) is 0 Å². The molecule has 1 aliphatic rings. The molecular formula is C26H28ClN7O4. The Kier molecular flexibility index (Phi) is 7.28. The summed E-state index contributed by atoms with van der Waals surface area (Å²) >= 11 is 6.39. The van der Waals surface area contributed by atoms with Crippen LogP contribution in [0, 0.1) is 13.8 Å². The minimum absolute atomic E-state index is 0.155. The van der Waals surface area contributed by atoms with Crippen LogP contribution in [-0.4, -0.2) is 74.3 Å². The Balaban J connectivity index is 1.39. The predicted molar refractivity (Wildman–Crippen MR) is 140 cm³/mol. The lowest BCUT2D eigenvalue weighted by Gasteiger charge is -2.37. The summed E-state index contributed by atoms with van der Waals surface area (Å²) in [6.45, 7) is 7.82. The number of aryl methyl sites for hydroxylation is 2. The Bertz CT molecular complexity index is 1490. The number of hydrogen-bond acceptors (Lipinski definition) is 9. The Morgan fingerprint density at radius 1 is 1.13 bits per heavy atom. The van der Waals surface area contributed by atoms with Gasteiger partial charge in [0.2, 0.25) is 0 Å². The van der Waals surface area contributed by atoms with Crippen LogP contribution in [0.3, 0.4) is 0 Å². The van der Waals surface area contributed by atoms with Gasteiger partial charge in [0.1, 0.15) is 29.2 Å². The Labute approximate surface area is 224 Å². The zero-order chi connectivity index (χ0) is 26.8. The van der Waals surface area contributed by atoms with Crippen molar-refractivity contribution < 1.29 is 18.8 Å². The van der Waals surface area contributed by atoms with Crippen LogP contribution in [0.4, 0.5) is 5.82 Å². The summed E-state index contributed by atoms with van der Waals surface area (Å²) < 4.78 is 12.2. The summed E-state index contributed by atoms with van der Waals surface area (Å²) in [6.07, 6.45) is 2.16. The predicted octanol–water partition coefficient (Wildman–Crippen LogP) is 3.51. The van der Waals surface area contributed by atoms with E-state index in [0.29, 0.717) is 72.6 Å². The average Bonchev–Trinajstić information content (AvgIpc) is 3.53. The van der Waals surface area contributed by atoms with E-state index >= 15 is 0 Å². The minimum atomic E-state index is -0.259. The molecule has 0 bridgehead atoms. The Hall–Kier alpha value is -3.99. The maximum atomic E-state index is 13.6. The van der Waals surface area contributed by atoms with Gasteiger partial charge in [-0.15, -0.1) is 0 Å². The van der Waals surface area contributed by atoms with E-state index in [1.54, 1.807) is 29.3 Å². The molecule has 38 heavy (non-hydrogen) atoms. The van der Waals surface area contributed by atoms with Crippen molar-refractivity contribution in [2.45, 2.75) is 33.6 Å². The molecule has 198 valence electrons. The van der Waals surface area contributed by atoms with Crippen LogP contribution in [0.1, 0.15) is 40.7 Å². The minimum Gasteiger partial charge on any atom is -0.466 e. The molecule has 0 aliphatic carbocycles. The molecule has 0 spiro atoms. The first-order valence-electron chi connectivity index (χ1n) is 12.5. The fourth-order valence-electron chi connectivity index (χ4n) is 4.79. The third kappa shape index (κ3) is 4.81. The van der Waals surface area contributed by atoms with E-state index in [1.165, 1.54) is 6.33 Å². The number of carbonyl (C=O) groups excluding carboxylic acids is 2. The normalized spacial score (nSPS) is 13.8. The topological polar surface area (TPSA) is 119 Å². The SMILES string of the molecule is CCOC(=O)CCc1c(C)nc2ncnn2c1N1CCN(C(=O)c2c(-c3ccccc3Cl)noc2C)CC1. The van der Waals surface area contributed by atoms with E-state index in [4.69, 9.17) is 20.9 Å². The number of esters is 1. The number of ether oxygens (including phenoxy) is 1. The van der Waals surface area contributed by atoms with Crippen molar-refractivity contribution in [1.29, 1.82) is 0 Å². The first kappa shape index (κ1) is 25.7. The molecule has 0 saturated carbocycles. The standard InChI is InChI=1S/C26H28ClN7O4/c1-4-37-21(35)10-9-18-16(2)30-26-28-15-29-34(26)24(18)32-11-13-33(14-12-32)25(36)22-17(3)38-31-23(22)19-7-5-6-8-20(19)27/h5-8,15H,4,9-14H2,1-3H3. The highest BCUT2D eigenvalue weighted by Gasteiger charge is 2.31. The van der Waals surface area contributed by atoms with Gasteiger partial charge in [-0.25, -0.2) is 4.98 Å². The van der Waals surface area contributed by atoms with Crippen LogP contribution in [0.2, 0.25) is 5.02 Å². The zero-order valence-electron chi connectivity index (χ0n) is 21.5. The van der Waals surface area contributed by atoms with Gasteiger partial charge in [0.15, 0.2) is 0 Å². The number of fused-ring (bicyclic) bond motifs is 1. The van der Waals surface area contributed by atoms with Gasteiger partial charge < -0.3 is 19.1 Å². The van der Waals surface area contributed by atoms with E-state index in [9.17, 15) is 9.59 Å². The van der Waals surface area contributed by atoms with E-state index < -0.39 is 0 Å². The number of piperazine rings is 1. The average molecular weight is 538 g/mol. The van der Waals surface area contributed by atoms with Crippen molar-refractivity contribution in [1.82, 2.24) is 29.6 Å². The molecule has 0 radical (unpaired) electrons. The number of carbonyl (C=O) groups is 2. The molecule has 12 heteroatoms. The third-order valence-corrected chi connectivity index (χ3v) is 6.99. The Morgan fingerprint density at radius 3 is 2.63 bits per heavy atom. The third-order valence-electron chi connectivity index (χ3n) is 6.66. The quantitative estimate of drug-likeness (QED) is 0.326. The lowest BCUT2D eigenvalue weighted by molar-refractivity contribution is -0.143.